The highest BCUT2D eigenvalue weighted by Crippen LogP contribution is 2.54. The molecule has 3 rings (SSSR count). The van der Waals surface area contributed by atoms with Crippen LogP contribution < -0.4 is 10.6 Å². The monoisotopic (exact) mass is 280 g/mol. The van der Waals surface area contributed by atoms with E-state index in [2.05, 4.69) is 17.6 Å². The van der Waals surface area contributed by atoms with Crippen LogP contribution in [0, 0.1) is 5.41 Å². The van der Waals surface area contributed by atoms with E-state index < -0.39 is 0 Å². The molecule has 3 atom stereocenters. The zero-order valence-electron chi connectivity index (χ0n) is 12.6. The zero-order chi connectivity index (χ0) is 14.0. The minimum Gasteiger partial charge on any atom is -0.378 e. The van der Waals surface area contributed by atoms with Gasteiger partial charge in [-0.25, -0.2) is 0 Å². The highest BCUT2D eigenvalue weighted by Gasteiger charge is 2.57. The molecule has 2 aliphatic carbocycles. The summed E-state index contributed by atoms with van der Waals surface area (Å²) >= 11 is 0. The lowest BCUT2D eigenvalue weighted by atomic mass is 9.60. The van der Waals surface area contributed by atoms with Gasteiger partial charge in [0.2, 0.25) is 5.91 Å². The summed E-state index contributed by atoms with van der Waals surface area (Å²) in [6.45, 7) is 3.84. The number of ether oxygens (including phenoxy) is 1. The maximum absolute atomic E-state index is 12.4. The van der Waals surface area contributed by atoms with Gasteiger partial charge in [0.15, 0.2) is 0 Å². The van der Waals surface area contributed by atoms with Crippen molar-refractivity contribution in [2.24, 2.45) is 5.41 Å². The fourth-order valence-electron chi connectivity index (χ4n) is 4.44. The third-order valence-electron chi connectivity index (χ3n) is 5.63. The molecule has 0 bridgehead atoms. The standard InChI is InChI=1S/C16H28N2O2/c1-2-20-14-11-13(16(14)8-4-5-9-16)18-15(19)12-7-3-6-10-17-12/h12-14,17H,2-11H2,1H3,(H,18,19). The summed E-state index contributed by atoms with van der Waals surface area (Å²) in [6, 6.07) is 0.381. The maximum Gasteiger partial charge on any atom is 0.237 e. The summed E-state index contributed by atoms with van der Waals surface area (Å²) in [4.78, 5) is 12.4. The highest BCUT2D eigenvalue weighted by molar-refractivity contribution is 5.82. The van der Waals surface area contributed by atoms with E-state index in [1.807, 2.05) is 0 Å². The largest absolute Gasteiger partial charge is 0.378 e. The first kappa shape index (κ1) is 14.3. The van der Waals surface area contributed by atoms with Gasteiger partial charge >= 0.3 is 0 Å². The van der Waals surface area contributed by atoms with Crippen LogP contribution in [0.1, 0.15) is 58.3 Å². The molecule has 0 radical (unpaired) electrons. The van der Waals surface area contributed by atoms with Crippen LogP contribution in [0.3, 0.4) is 0 Å². The third kappa shape index (κ3) is 2.48. The van der Waals surface area contributed by atoms with Crippen molar-refractivity contribution in [1.82, 2.24) is 10.6 Å². The number of carbonyl (C=O) groups excluding carboxylic acids is 1. The normalized spacial score (nSPS) is 35.8. The molecule has 20 heavy (non-hydrogen) atoms. The van der Waals surface area contributed by atoms with Crippen LogP contribution in [0.2, 0.25) is 0 Å². The van der Waals surface area contributed by atoms with E-state index in [4.69, 9.17) is 4.74 Å². The number of carbonyl (C=O) groups is 1. The molecule has 3 fully saturated rings. The molecule has 3 unspecified atom stereocenters. The molecule has 114 valence electrons. The molecule has 1 aliphatic heterocycles. The lowest BCUT2D eigenvalue weighted by molar-refractivity contribution is -0.145. The second-order valence-corrected chi connectivity index (χ2v) is 6.68. The van der Waals surface area contributed by atoms with Crippen LogP contribution in [-0.2, 0) is 9.53 Å². The van der Waals surface area contributed by atoms with Gasteiger partial charge in [-0.05, 0) is 45.6 Å². The van der Waals surface area contributed by atoms with E-state index in [-0.39, 0.29) is 17.4 Å². The van der Waals surface area contributed by atoms with Crippen LogP contribution in [0.15, 0.2) is 0 Å². The van der Waals surface area contributed by atoms with E-state index in [1.165, 1.54) is 38.5 Å². The second kappa shape index (κ2) is 6.02. The average Bonchev–Trinajstić information content (AvgIpc) is 2.99. The van der Waals surface area contributed by atoms with Gasteiger partial charge in [-0.2, -0.15) is 0 Å². The number of rotatable bonds is 4. The van der Waals surface area contributed by atoms with Crippen molar-refractivity contribution in [2.75, 3.05) is 13.2 Å². The van der Waals surface area contributed by atoms with Crippen molar-refractivity contribution in [2.45, 2.75) is 76.5 Å². The molecule has 1 amide bonds. The summed E-state index contributed by atoms with van der Waals surface area (Å²) in [5.74, 6) is 0.218. The summed E-state index contributed by atoms with van der Waals surface area (Å²) in [6.07, 6.45) is 9.76. The van der Waals surface area contributed by atoms with Gasteiger partial charge in [-0.3, -0.25) is 4.79 Å². The molecule has 2 saturated carbocycles. The first-order chi connectivity index (χ1) is 9.76. The van der Waals surface area contributed by atoms with Gasteiger partial charge in [0, 0.05) is 18.1 Å². The minimum absolute atomic E-state index is 0.0355. The second-order valence-electron chi connectivity index (χ2n) is 6.68. The van der Waals surface area contributed by atoms with E-state index >= 15 is 0 Å². The van der Waals surface area contributed by atoms with Crippen LogP contribution in [0.25, 0.3) is 0 Å². The molecule has 0 aromatic heterocycles. The Kier molecular flexibility index (Phi) is 4.32. The Labute approximate surface area is 122 Å². The van der Waals surface area contributed by atoms with E-state index in [1.54, 1.807) is 0 Å². The molecule has 1 spiro atoms. The van der Waals surface area contributed by atoms with E-state index in [9.17, 15) is 4.79 Å². The lowest BCUT2D eigenvalue weighted by Crippen LogP contribution is -2.65. The Morgan fingerprint density at radius 2 is 2.10 bits per heavy atom. The van der Waals surface area contributed by atoms with E-state index in [0.717, 1.165) is 26.0 Å². The van der Waals surface area contributed by atoms with Crippen molar-refractivity contribution in [3.8, 4) is 0 Å². The highest BCUT2D eigenvalue weighted by atomic mass is 16.5. The molecular formula is C16H28N2O2. The number of piperidine rings is 1. The molecule has 4 nitrogen and oxygen atoms in total. The first-order valence-corrected chi connectivity index (χ1v) is 8.41. The zero-order valence-corrected chi connectivity index (χ0v) is 12.6. The predicted octanol–water partition coefficient (Wildman–Crippen LogP) is 1.98. The Balaban J connectivity index is 1.58. The van der Waals surface area contributed by atoms with Crippen LogP contribution >= 0.6 is 0 Å². The fraction of sp³-hybridized carbons (Fsp3) is 0.938. The van der Waals surface area contributed by atoms with Crippen molar-refractivity contribution >= 4 is 5.91 Å². The third-order valence-corrected chi connectivity index (χ3v) is 5.63. The maximum atomic E-state index is 12.4. The molecule has 1 saturated heterocycles. The van der Waals surface area contributed by atoms with Gasteiger partial charge in [0.05, 0.1) is 12.1 Å². The molecule has 1 heterocycles. The topological polar surface area (TPSA) is 50.4 Å². The van der Waals surface area contributed by atoms with Gasteiger partial charge in [-0.1, -0.05) is 19.3 Å². The minimum atomic E-state index is 0.0355. The number of hydrogen-bond donors (Lipinski definition) is 2. The van der Waals surface area contributed by atoms with Gasteiger partial charge in [-0.15, -0.1) is 0 Å². The SMILES string of the molecule is CCOC1CC(NC(=O)C2CCCCN2)C12CCCC2. The van der Waals surface area contributed by atoms with Gasteiger partial charge in [0.25, 0.3) is 0 Å². The van der Waals surface area contributed by atoms with Crippen molar-refractivity contribution in [1.29, 1.82) is 0 Å². The molecule has 2 N–H and O–H groups in total. The quantitative estimate of drug-likeness (QED) is 0.828. The average molecular weight is 280 g/mol. The smallest absolute Gasteiger partial charge is 0.237 e. The number of nitrogens with one attached hydrogen (secondary N) is 2. The summed E-state index contributed by atoms with van der Waals surface area (Å²) in [5.41, 5.74) is 0.250. The predicted molar refractivity (Wildman–Crippen MR) is 78.5 cm³/mol. The summed E-state index contributed by atoms with van der Waals surface area (Å²) < 4.78 is 5.91. The van der Waals surface area contributed by atoms with Crippen LogP contribution in [0.4, 0.5) is 0 Å². The Bertz CT molecular complexity index is 346. The molecule has 0 aromatic rings. The summed E-state index contributed by atoms with van der Waals surface area (Å²) in [7, 11) is 0. The van der Waals surface area contributed by atoms with Crippen molar-refractivity contribution in [3.05, 3.63) is 0 Å². The van der Waals surface area contributed by atoms with Crippen LogP contribution in [0.5, 0.6) is 0 Å². The molecular weight excluding hydrogens is 252 g/mol. The fourth-order valence-corrected chi connectivity index (χ4v) is 4.44. The number of hydrogen-bond acceptors (Lipinski definition) is 3. The lowest BCUT2D eigenvalue weighted by Gasteiger charge is -2.54. The Morgan fingerprint density at radius 1 is 1.30 bits per heavy atom. The van der Waals surface area contributed by atoms with E-state index in [0.29, 0.717) is 12.1 Å². The Hall–Kier alpha value is -0.610. The first-order valence-electron chi connectivity index (χ1n) is 8.41. The molecule has 0 aromatic carbocycles. The molecule has 3 aliphatic rings. The van der Waals surface area contributed by atoms with Gasteiger partial charge < -0.3 is 15.4 Å². The number of amides is 1. The van der Waals surface area contributed by atoms with Crippen molar-refractivity contribution in [3.63, 3.8) is 0 Å². The van der Waals surface area contributed by atoms with Gasteiger partial charge in [0.1, 0.15) is 0 Å². The van der Waals surface area contributed by atoms with Crippen molar-refractivity contribution < 1.29 is 9.53 Å². The molecule has 4 heteroatoms. The summed E-state index contributed by atoms with van der Waals surface area (Å²) in [5, 5.41) is 6.67. The Morgan fingerprint density at radius 3 is 2.75 bits per heavy atom. The van der Waals surface area contributed by atoms with Crippen LogP contribution in [-0.4, -0.2) is 37.2 Å².